The maximum Gasteiger partial charge on any atom is 0.313 e. The molecule has 0 heterocycles. The number of benzene rings is 1. The van der Waals surface area contributed by atoms with Crippen LogP contribution in [0.15, 0.2) is 0 Å². The largest absolute Gasteiger partial charge is 0.420 e. The average molecular weight is 534 g/mol. The van der Waals surface area contributed by atoms with Gasteiger partial charge in [0.2, 0.25) is 34.8 Å². The molecule has 0 N–H and O–H groups in total. The summed E-state index contributed by atoms with van der Waals surface area (Å²) in [5.41, 5.74) is 0. The zero-order valence-electron chi connectivity index (χ0n) is 20.0. The molecule has 0 aliphatic heterocycles. The summed E-state index contributed by atoms with van der Waals surface area (Å²) < 4.78 is 107. The number of halogens is 5. The van der Waals surface area contributed by atoms with E-state index in [1.807, 2.05) is 0 Å². The van der Waals surface area contributed by atoms with Crippen molar-refractivity contribution >= 4 is 5.97 Å². The van der Waals surface area contributed by atoms with E-state index in [9.17, 15) is 26.7 Å². The summed E-state index contributed by atoms with van der Waals surface area (Å²) in [7, 11) is 1.60. The van der Waals surface area contributed by atoms with Gasteiger partial charge in [0, 0.05) is 7.11 Å². The van der Waals surface area contributed by atoms with Crippen molar-refractivity contribution < 1.29 is 64.6 Å². The first-order valence-electron chi connectivity index (χ1n) is 11.1. The molecule has 9 nitrogen and oxygen atoms in total. The number of rotatable bonds is 22. The van der Waals surface area contributed by atoms with Crippen LogP contribution >= 0.6 is 0 Å². The van der Waals surface area contributed by atoms with Crippen LogP contribution in [0.1, 0.15) is 6.42 Å². The zero-order valence-corrected chi connectivity index (χ0v) is 20.0. The number of carbonyl (C=O) groups is 1. The molecule has 1 rings (SSSR count). The summed E-state index contributed by atoms with van der Waals surface area (Å²) >= 11 is 0. The molecule has 0 amide bonds. The SMILES string of the molecule is COCCOCCOCCOCCOCCOCCOCCC(=O)Oc1c(F)c(F)c(F)c(F)c1F. The van der Waals surface area contributed by atoms with Gasteiger partial charge >= 0.3 is 5.97 Å². The lowest BCUT2D eigenvalue weighted by Gasteiger charge is -2.09. The van der Waals surface area contributed by atoms with Gasteiger partial charge in [-0.25, -0.2) is 13.2 Å². The van der Waals surface area contributed by atoms with E-state index < -0.39 is 47.2 Å². The van der Waals surface area contributed by atoms with E-state index >= 15 is 0 Å². The molecule has 1 aromatic carbocycles. The van der Waals surface area contributed by atoms with Gasteiger partial charge in [0.15, 0.2) is 0 Å². The topological polar surface area (TPSA) is 90.9 Å². The van der Waals surface area contributed by atoms with Crippen LogP contribution in [0.5, 0.6) is 5.75 Å². The second-order valence-electron chi connectivity index (χ2n) is 6.79. The summed E-state index contributed by atoms with van der Waals surface area (Å²) in [4.78, 5) is 11.6. The molecule has 0 unspecified atom stereocenters. The van der Waals surface area contributed by atoms with Crippen LogP contribution in [0.3, 0.4) is 0 Å². The smallest absolute Gasteiger partial charge is 0.313 e. The number of methoxy groups -OCH3 is 1. The van der Waals surface area contributed by atoms with Crippen LogP contribution in [-0.2, 0) is 38.0 Å². The molecule has 0 spiro atoms. The lowest BCUT2D eigenvalue weighted by molar-refractivity contribution is -0.136. The molecule has 0 aromatic heterocycles. The predicted molar refractivity (Wildman–Crippen MR) is 113 cm³/mol. The summed E-state index contributed by atoms with van der Waals surface area (Å²) in [6, 6.07) is 0. The number of hydrogen-bond donors (Lipinski definition) is 0. The molecule has 0 atom stereocenters. The molecule has 14 heteroatoms. The maximum atomic E-state index is 13.5. The Balaban J connectivity index is 1.91. The minimum Gasteiger partial charge on any atom is -0.420 e. The fourth-order valence-corrected chi connectivity index (χ4v) is 2.34. The number of esters is 1. The van der Waals surface area contributed by atoms with Crippen molar-refractivity contribution in [3.8, 4) is 5.75 Å². The normalized spacial score (nSPS) is 11.3. The van der Waals surface area contributed by atoms with Crippen LogP contribution in [0, 0.1) is 29.1 Å². The summed E-state index contributed by atoms with van der Waals surface area (Å²) in [6.45, 7) is 4.39. The molecule has 36 heavy (non-hydrogen) atoms. The molecule has 0 fully saturated rings. The van der Waals surface area contributed by atoms with E-state index in [1.54, 1.807) is 7.11 Å². The number of carbonyl (C=O) groups excluding carboxylic acids is 1. The maximum absolute atomic E-state index is 13.5. The van der Waals surface area contributed by atoms with Crippen molar-refractivity contribution in [3.05, 3.63) is 29.1 Å². The second kappa shape index (κ2) is 20.2. The lowest BCUT2D eigenvalue weighted by Crippen LogP contribution is -2.16. The third kappa shape index (κ3) is 13.4. The Kier molecular flexibility index (Phi) is 18.0. The quantitative estimate of drug-likeness (QED) is 0.0556. The Morgan fingerprint density at radius 2 is 0.806 bits per heavy atom. The Labute approximate surface area is 205 Å². The van der Waals surface area contributed by atoms with E-state index in [0.717, 1.165) is 0 Å². The highest BCUT2D eigenvalue weighted by atomic mass is 19.2. The van der Waals surface area contributed by atoms with E-state index in [4.69, 9.17) is 33.2 Å². The van der Waals surface area contributed by atoms with Gasteiger partial charge in [-0.1, -0.05) is 0 Å². The summed E-state index contributed by atoms with van der Waals surface area (Å²) in [5, 5.41) is 0. The lowest BCUT2D eigenvalue weighted by atomic mass is 10.2. The molecule has 0 bridgehead atoms. The summed E-state index contributed by atoms with van der Waals surface area (Å²) in [5.74, 6) is -14.1. The fraction of sp³-hybridized carbons (Fsp3) is 0.682. The van der Waals surface area contributed by atoms with Crippen molar-refractivity contribution in [3.63, 3.8) is 0 Å². The number of hydrogen-bond acceptors (Lipinski definition) is 9. The van der Waals surface area contributed by atoms with Crippen LogP contribution in [-0.4, -0.2) is 99.0 Å². The average Bonchev–Trinajstić information content (AvgIpc) is 2.87. The van der Waals surface area contributed by atoms with Gasteiger partial charge in [0.1, 0.15) is 0 Å². The summed E-state index contributed by atoms with van der Waals surface area (Å²) in [6.07, 6.45) is -0.476. The van der Waals surface area contributed by atoms with Gasteiger partial charge < -0.3 is 37.9 Å². The van der Waals surface area contributed by atoms with Crippen molar-refractivity contribution in [2.24, 2.45) is 0 Å². The number of ether oxygens (including phenoxy) is 8. The Morgan fingerprint density at radius 3 is 1.17 bits per heavy atom. The molecule has 0 aliphatic rings. The zero-order chi connectivity index (χ0) is 26.6. The van der Waals surface area contributed by atoms with Crippen molar-refractivity contribution in [1.82, 2.24) is 0 Å². The predicted octanol–water partition coefficient (Wildman–Crippen LogP) is 2.42. The van der Waals surface area contributed by atoms with Gasteiger partial charge in [0.05, 0.1) is 92.3 Å². The highest BCUT2D eigenvalue weighted by Crippen LogP contribution is 2.29. The van der Waals surface area contributed by atoms with Crippen LogP contribution in [0.2, 0.25) is 0 Å². The third-order valence-electron chi connectivity index (χ3n) is 4.13. The molecule has 0 aliphatic carbocycles. The van der Waals surface area contributed by atoms with Crippen LogP contribution in [0.25, 0.3) is 0 Å². The molecule has 0 saturated heterocycles. The molecular formula is C22H31F5O9. The fourth-order valence-electron chi connectivity index (χ4n) is 2.34. The van der Waals surface area contributed by atoms with Gasteiger partial charge in [-0.3, -0.25) is 4.79 Å². The van der Waals surface area contributed by atoms with Crippen LogP contribution in [0.4, 0.5) is 22.0 Å². The first-order valence-corrected chi connectivity index (χ1v) is 11.1. The Morgan fingerprint density at radius 1 is 0.500 bits per heavy atom. The molecule has 0 saturated carbocycles. The van der Waals surface area contributed by atoms with Crippen molar-refractivity contribution in [1.29, 1.82) is 0 Å². The monoisotopic (exact) mass is 534 g/mol. The minimum absolute atomic E-state index is 0.0936. The minimum atomic E-state index is -2.34. The van der Waals surface area contributed by atoms with Crippen LogP contribution < -0.4 is 4.74 Å². The molecule has 0 radical (unpaired) electrons. The van der Waals surface area contributed by atoms with Gasteiger partial charge in [-0.2, -0.15) is 8.78 Å². The standard InChI is InChI=1S/C22H31F5O9/c1-29-4-5-31-8-9-33-12-13-35-15-14-34-11-10-32-7-6-30-3-2-16(28)36-22-20(26)18(24)17(23)19(25)21(22)27/h2-15H2,1H3. The highest BCUT2D eigenvalue weighted by Gasteiger charge is 2.28. The third-order valence-corrected chi connectivity index (χ3v) is 4.13. The van der Waals surface area contributed by atoms with Gasteiger partial charge in [0.25, 0.3) is 0 Å². The van der Waals surface area contributed by atoms with E-state index in [-0.39, 0.29) is 26.4 Å². The first kappa shape index (κ1) is 32.1. The van der Waals surface area contributed by atoms with Crippen molar-refractivity contribution in [2.75, 3.05) is 93.0 Å². The van der Waals surface area contributed by atoms with Gasteiger partial charge in [-0.05, 0) is 0 Å². The molecule has 1 aromatic rings. The molecule has 208 valence electrons. The van der Waals surface area contributed by atoms with E-state index in [2.05, 4.69) is 4.74 Å². The molecular weight excluding hydrogens is 503 g/mol. The van der Waals surface area contributed by atoms with Gasteiger partial charge in [-0.15, -0.1) is 0 Å². The highest BCUT2D eigenvalue weighted by molar-refractivity contribution is 5.72. The van der Waals surface area contributed by atoms with Crippen molar-refractivity contribution in [2.45, 2.75) is 6.42 Å². The second-order valence-corrected chi connectivity index (χ2v) is 6.79. The Bertz CT molecular complexity index is 726. The first-order chi connectivity index (χ1) is 17.4. The van der Waals surface area contributed by atoms with E-state index in [1.165, 1.54) is 0 Å². The Hall–Kier alpha value is -1.94. The van der Waals surface area contributed by atoms with E-state index in [0.29, 0.717) is 59.5 Å².